The molecule has 0 radical (unpaired) electrons. The van der Waals surface area contributed by atoms with Crippen molar-refractivity contribution in [2.75, 3.05) is 13.7 Å². The van der Waals surface area contributed by atoms with Crippen molar-refractivity contribution in [1.29, 1.82) is 0 Å². The van der Waals surface area contributed by atoms with Crippen LogP contribution in [0.5, 0.6) is 5.75 Å². The van der Waals surface area contributed by atoms with Crippen LogP contribution >= 0.6 is 0 Å². The molecular formula is C17H15N3O2. The van der Waals surface area contributed by atoms with Gasteiger partial charge < -0.3 is 9.47 Å². The van der Waals surface area contributed by atoms with E-state index >= 15 is 0 Å². The number of ether oxygens (including phenoxy) is 2. The van der Waals surface area contributed by atoms with Crippen LogP contribution in [0.15, 0.2) is 54.6 Å². The largest absolute Gasteiger partial charge is 0.497 e. The zero-order valence-electron chi connectivity index (χ0n) is 12.1. The quantitative estimate of drug-likeness (QED) is 0.744. The molecule has 3 aromatic rings. The average Bonchev–Trinajstić information content (AvgIpc) is 3.21. The molecule has 1 aliphatic heterocycles. The molecule has 4 rings (SSSR count). The van der Waals surface area contributed by atoms with Crippen LogP contribution in [0, 0.1) is 0 Å². The van der Waals surface area contributed by atoms with Gasteiger partial charge in [-0.15, -0.1) is 5.10 Å². The Labute approximate surface area is 127 Å². The van der Waals surface area contributed by atoms with Crippen LogP contribution in [0.25, 0.3) is 16.7 Å². The molecule has 1 aromatic heterocycles. The summed E-state index contributed by atoms with van der Waals surface area (Å²) in [7, 11) is 1.66. The Hall–Kier alpha value is -2.66. The second-order valence-corrected chi connectivity index (χ2v) is 5.11. The summed E-state index contributed by atoms with van der Waals surface area (Å²) in [6.45, 7) is 0.570. The molecule has 0 spiro atoms. The summed E-state index contributed by atoms with van der Waals surface area (Å²) in [6.07, 6.45) is 1.91. The van der Waals surface area contributed by atoms with E-state index < -0.39 is 0 Å². The molecule has 0 aliphatic carbocycles. The smallest absolute Gasteiger partial charge is 0.125 e. The van der Waals surface area contributed by atoms with E-state index in [-0.39, 0.29) is 6.10 Å². The summed E-state index contributed by atoms with van der Waals surface area (Å²) in [5.41, 5.74) is 3.93. The van der Waals surface area contributed by atoms with Gasteiger partial charge in [-0.25, -0.2) is 4.68 Å². The number of hydrogen-bond acceptors (Lipinski definition) is 4. The summed E-state index contributed by atoms with van der Waals surface area (Å²) in [5.74, 6) is 0.832. The summed E-state index contributed by atoms with van der Waals surface area (Å²) in [4.78, 5) is 0. The van der Waals surface area contributed by atoms with Crippen molar-refractivity contribution in [1.82, 2.24) is 15.0 Å². The number of hydrogen-bond donors (Lipinski definition) is 0. The van der Waals surface area contributed by atoms with Crippen LogP contribution in [0.1, 0.15) is 11.7 Å². The van der Waals surface area contributed by atoms with Crippen LogP contribution in [0.3, 0.4) is 0 Å². The van der Waals surface area contributed by atoms with E-state index in [9.17, 15) is 0 Å². The van der Waals surface area contributed by atoms with E-state index in [1.165, 1.54) is 0 Å². The van der Waals surface area contributed by atoms with Gasteiger partial charge in [-0.05, 0) is 35.9 Å². The molecule has 22 heavy (non-hydrogen) atoms. The molecule has 110 valence electrons. The highest BCUT2D eigenvalue weighted by Gasteiger charge is 2.25. The number of aromatic nitrogens is 3. The third-order valence-electron chi connectivity index (χ3n) is 3.84. The molecule has 5 heteroatoms. The van der Waals surface area contributed by atoms with Gasteiger partial charge in [-0.1, -0.05) is 29.5 Å². The van der Waals surface area contributed by atoms with Crippen LogP contribution in [0.2, 0.25) is 0 Å². The molecule has 0 bridgehead atoms. The molecule has 0 fully saturated rings. The van der Waals surface area contributed by atoms with Crippen molar-refractivity contribution in [3.8, 4) is 5.75 Å². The second kappa shape index (κ2) is 5.27. The minimum absolute atomic E-state index is 0.143. The SMILES string of the molecule is COc1ccc(C2OCC=C2n2nnc3ccccc32)cc1. The van der Waals surface area contributed by atoms with Crippen LogP contribution < -0.4 is 4.74 Å². The first-order valence-electron chi connectivity index (χ1n) is 7.13. The van der Waals surface area contributed by atoms with Gasteiger partial charge in [0.2, 0.25) is 0 Å². The maximum Gasteiger partial charge on any atom is 0.125 e. The van der Waals surface area contributed by atoms with E-state index in [1.54, 1.807) is 7.11 Å². The maximum absolute atomic E-state index is 5.88. The summed E-state index contributed by atoms with van der Waals surface area (Å²) in [6, 6.07) is 15.8. The van der Waals surface area contributed by atoms with Crippen molar-refractivity contribution in [3.63, 3.8) is 0 Å². The zero-order valence-corrected chi connectivity index (χ0v) is 12.1. The molecule has 2 heterocycles. The molecule has 1 unspecified atom stereocenters. The lowest BCUT2D eigenvalue weighted by Crippen LogP contribution is -2.07. The summed E-state index contributed by atoms with van der Waals surface area (Å²) >= 11 is 0. The normalized spacial score (nSPS) is 17.7. The van der Waals surface area contributed by atoms with Gasteiger partial charge in [0.25, 0.3) is 0 Å². The summed E-state index contributed by atoms with van der Waals surface area (Å²) < 4.78 is 12.9. The lowest BCUT2D eigenvalue weighted by Gasteiger charge is -2.15. The Balaban J connectivity index is 1.74. The molecule has 0 saturated carbocycles. The summed E-state index contributed by atoms with van der Waals surface area (Å²) in [5, 5.41) is 8.50. The third-order valence-corrected chi connectivity index (χ3v) is 3.84. The molecule has 1 atom stereocenters. The Bertz CT molecular complexity index is 836. The molecule has 5 nitrogen and oxygen atoms in total. The van der Waals surface area contributed by atoms with Crippen molar-refractivity contribution in [2.45, 2.75) is 6.10 Å². The van der Waals surface area contributed by atoms with Gasteiger partial charge in [0.05, 0.1) is 24.9 Å². The Kier molecular flexibility index (Phi) is 3.12. The number of para-hydroxylation sites is 1. The Morgan fingerprint density at radius 2 is 1.95 bits per heavy atom. The highest BCUT2D eigenvalue weighted by atomic mass is 16.5. The van der Waals surface area contributed by atoms with Crippen LogP contribution in [-0.2, 0) is 4.74 Å². The molecule has 0 N–H and O–H groups in total. The van der Waals surface area contributed by atoms with Gasteiger partial charge in [0.1, 0.15) is 17.4 Å². The monoisotopic (exact) mass is 293 g/mol. The molecule has 0 saturated heterocycles. The van der Waals surface area contributed by atoms with E-state index in [0.29, 0.717) is 6.61 Å². The third kappa shape index (κ3) is 2.07. The van der Waals surface area contributed by atoms with Gasteiger partial charge in [-0.3, -0.25) is 0 Å². The van der Waals surface area contributed by atoms with E-state index in [1.807, 2.05) is 53.2 Å². The fourth-order valence-electron chi connectivity index (χ4n) is 2.72. The zero-order chi connectivity index (χ0) is 14.9. The van der Waals surface area contributed by atoms with Gasteiger partial charge in [0, 0.05) is 0 Å². The first-order chi connectivity index (χ1) is 10.9. The van der Waals surface area contributed by atoms with Crippen LogP contribution in [0.4, 0.5) is 0 Å². The average molecular weight is 293 g/mol. The van der Waals surface area contributed by atoms with Crippen molar-refractivity contribution in [2.24, 2.45) is 0 Å². The van der Waals surface area contributed by atoms with Crippen molar-refractivity contribution in [3.05, 3.63) is 60.2 Å². The number of nitrogens with zero attached hydrogens (tertiary/aromatic N) is 3. The number of methoxy groups -OCH3 is 1. The molecule has 1 aliphatic rings. The van der Waals surface area contributed by atoms with E-state index in [2.05, 4.69) is 16.4 Å². The topological polar surface area (TPSA) is 49.2 Å². The van der Waals surface area contributed by atoms with Crippen molar-refractivity contribution < 1.29 is 9.47 Å². The van der Waals surface area contributed by atoms with Gasteiger partial charge in [0.15, 0.2) is 0 Å². The predicted molar refractivity (Wildman–Crippen MR) is 83.5 cm³/mol. The number of rotatable bonds is 3. The van der Waals surface area contributed by atoms with E-state index in [0.717, 1.165) is 28.0 Å². The first-order valence-corrected chi connectivity index (χ1v) is 7.13. The number of benzene rings is 2. The fourth-order valence-corrected chi connectivity index (χ4v) is 2.72. The first kappa shape index (κ1) is 13.0. The predicted octanol–water partition coefficient (Wildman–Crippen LogP) is 3.05. The molecular weight excluding hydrogens is 278 g/mol. The number of fused-ring (bicyclic) bond motifs is 1. The van der Waals surface area contributed by atoms with E-state index in [4.69, 9.17) is 9.47 Å². The highest BCUT2D eigenvalue weighted by molar-refractivity contribution is 5.78. The highest BCUT2D eigenvalue weighted by Crippen LogP contribution is 2.35. The minimum atomic E-state index is -0.143. The Morgan fingerprint density at radius 1 is 1.14 bits per heavy atom. The molecule has 0 amide bonds. The lowest BCUT2D eigenvalue weighted by molar-refractivity contribution is 0.131. The fraction of sp³-hybridized carbons (Fsp3) is 0.176. The van der Waals surface area contributed by atoms with Gasteiger partial charge >= 0.3 is 0 Å². The standard InChI is InChI=1S/C17H15N3O2/c1-21-13-8-6-12(7-9-13)17-16(10-11-22-17)20-15-5-3-2-4-14(15)18-19-20/h2-10,17H,11H2,1H3. The van der Waals surface area contributed by atoms with Crippen molar-refractivity contribution >= 4 is 16.7 Å². The second-order valence-electron chi connectivity index (χ2n) is 5.11. The maximum atomic E-state index is 5.88. The Morgan fingerprint density at radius 3 is 2.77 bits per heavy atom. The minimum Gasteiger partial charge on any atom is -0.497 e. The molecule has 2 aromatic carbocycles. The van der Waals surface area contributed by atoms with Crippen LogP contribution in [-0.4, -0.2) is 28.7 Å². The lowest BCUT2D eigenvalue weighted by atomic mass is 10.1. The van der Waals surface area contributed by atoms with Gasteiger partial charge in [-0.2, -0.15) is 0 Å².